The van der Waals surface area contributed by atoms with Gasteiger partial charge >= 0.3 is 5.97 Å². The molecule has 0 spiro atoms. The molecule has 1 aliphatic heterocycles. The molecule has 0 radical (unpaired) electrons. The fraction of sp³-hybridized carbons (Fsp3) is 0.889. The number of carbonyl (C=O) groups is 1. The zero-order chi connectivity index (χ0) is 7.84. The van der Waals surface area contributed by atoms with Gasteiger partial charge in [-0.3, -0.25) is 4.79 Å². The van der Waals surface area contributed by atoms with Crippen LogP contribution in [0.4, 0.5) is 0 Å². The molecule has 0 aromatic heterocycles. The predicted octanol–water partition coefficient (Wildman–Crippen LogP) is 1.74. The van der Waals surface area contributed by atoms with Crippen molar-refractivity contribution >= 4 is 5.97 Å². The van der Waals surface area contributed by atoms with E-state index in [9.17, 15) is 4.79 Å². The molecule has 0 amide bonds. The van der Waals surface area contributed by atoms with Crippen LogP contribution < -0.4 is 0 Å². The Balaban J connectivity index is 2.11. The van der Waals surface area contributed by atoms with Crippen LogP contribution in [0.3, 0.4) is 0 Å². The van der Waals surface area contributed by atoms with Crippen molar-refractivity contribution in [1.82, 2.24) is 0 Å². The van der Waals surface area contributed by atoms with E-state index < -0.39 is 0 Å². The first kappa shape index (κ1) is 7.14. The van der Waals surface area contributed by atoms with Gasteiger partial charge in [0.1, 0.15) is 6.10 Å². The summed E-state index contributed by atoms with van der Waals surface area (Å²) in [5, 5.41) is 0. The Morgan fingerprint density at radius 3 is 3.09 bits per heavy atom. The smallest absolute Gasteiger partial charge is 0.306 e. The second-order valence-electron chi connectivity index (χ2n) is 3.87. The fourth-order valence-corrected chi connectivity index (χ4v) is 2.26. The third-order valence-corrected chi connectivity index (χ3v) is 3.02. The predicted molar refractivity (Wildman–Crippen MR) is 41.0 cm³/mol. The van der Waals surface area contributed by atoms with Crippen LogP contribution in [0.2, 0.25) is 0 Å². The summed E-state index contributed by atoms with van der Waals surface area (Å²) in [4.78, 5) is 11.1. The summed E-state index contributed by atoms with van der Waals surface area (Å²) in [7, 11) is 0. The van der Waals surface area contributed by atoms with E-state index in [4.69, 9.17) is 4.74 Å². The third kappa shape index (κ3) is 1.26. The highest BCUT2D eigenvalue weighted by molar-refractivity contribution is 5.70. The van der Waals surface area contributed by atoms with E-state index in [1.54, 1.807) is 0 Å². The first-order chi connectivity index (χ1) is 5.25. The normalized spacial score (nSPS) is 43.4. The maximum absolute atomic E-state index is 11.1. The van der Waals surface area contributed by atoms with E-state index in [-0.39, 0.29) is 12.1 Å². The minimum Gasteiger partial charge on any atom is -0.462 e. The van der Waals surface area contributed by atoms with Crippen molar-refractivity contribution in [1.29, 1.82) is 0 Å². The standard InChI is InChI=1S/C9H14O2/c1-6-4-9(10)11-8-3-2-7(6)5-8/h6-8H,2-5H2,1H3/t6-,7-,8+/m0/s1. The van der Waals surface area contributed by atoms with Gasteiger partial charge in [0.2, 0.25) is 0 Å². The SMILES string of the molecule is C[C@H]1CC(=O)O[C@@H]2CC[C@H]1C2. The Hall–Kier alpha value is -0.530. The van der Waals surface area contributed by atoms with Crippen LogP contribution in [-0.4, -0.2) is 12.1 Å². The Kier molecular flexibility index (Phi) is 1.63. The van der Waals surface area contributed by atoms with E-state index >= 15 is 0 Å². The van der Waals surface area contributed by atoms with Crippen LogP contribution in [0.1, 0.15) is 32.6 Å². The van der Waals surface area contributed by atoms with Crippen molar-refractivity contribution in [3.8, 4) is 0 Å². The van der Waals surface area contributed by atoms with E-state index in [0.29, 0.717) is 12.3 Å². The topological polar surface area (TPSA) is 26.3 Å². The van der Waals surface area contributed by atoms with Crippen LogP contribution in [-0.2, 0) is 9.53 Å². The number of carbonyl (C=O) groups excluding carboxylic acids is 1. The van der Waals surface area contributed by atoms with Crippen molar-refractivity contribution in [2.24, 2.45) is 11.8 Å². The Morgan fingerprint density at radius 1 is 1.45 bits per heavy atom. The summed E-state index contributed by atoms with van der Waals surface area (Å²) in [5.74, 6) is 1.33. The van der Waals surface area contributed by atoms with Crippen molar-refractivity contribution < 1.29 is 9.53 Å². The molecule has 62 valence electrons. The number of hydrogen-bond donors (Lipinski definition) is 0. The maximum Gasteiger partial charge on any atom is 0.306 e. The van der Waals surface area contributed by atoms with Crippen LogP contribution in [0.25, 0.3) is 0 Å². The molecule has 0 aromatic carbocycles. The average molecular weight is 154 g/mol. The summed E-state index contributed by atoms with van der Waals surface area (Å²) in [6.45, 7) is 2.17. The third-order valence-electron chi connectivity index (χ3n) is 3.02. The quantitative estimate of drug-likeness (QED) is 0.497. The summed E-state index contributed by atoms with van der Waals surface area (Å²) in [6, 6.07) is 0. The van der Waals surface area contributed by atoms with Crippen LogP contribution >= 0.6 is 0 Å². The molecule has 1 saturated carbocycles. The Morgan fingerprint density at radius 2 is 2.27 bits per heavy atom. The van der Waals surface area contributed by atoms with Crippen molar-refractivity contribution in [3.05, 3.63) is 0 Å². The second kappa shape index (κ2) is 2.50. The van der Waals surface area contributed by atoms with Gasteiger partial charge in [-0.2, -0.15) is 0 Å². The van der Waals surface area contributed by atoms with Crippen molar-refractivity contribution in [3.63, 3.8) is 0 Å². The lowest BCUT2D eigenvalue weighted by Crippen LogP contribution is -2.14. The van der Waals surface area contributed by atoms with Gasteiger partial charge in [-0.25, -0.2) is 0 Å². The van der Waals surface area contributed by atoms with Crippen LogP contribution in [0.5, 0.6) is 0 Å². The highest BCUT2D eigenvalue weighted by atomic mass is 16.5. The van der Waals surface area contributed by atoms with Crippen LogP contribution in [0.15, 0.2) is 0 Å². The summed E-state index contributed by atoms with van der Waals surface area (Å²) in [6.07, 6.45) is 4.38. The molecule has 2 bridgehead atoms. The number of hydrogen-bond acceptors (Lipinski definition) is 2. The molecule has 2 aliphatic rings. The van der Waals surface area contributed by atoms with Gasteiger partial charge in [-0.1, -0.05) is 6.92 Å². The number of esters is 1. The molecule has 1 aliphatic carbocycles. The lowest BCUT2D eigenvalue weighted by atomic mass is 9.90. The largest absolute Gasteiger partial charge is 0.462 e. The zero-order valence-corrected chi connectivity index (χ0v) is 6.88. The molecule has 11 heavy (non-hydrogen) atoms. The van der Waals surface area contributed by atoms with Gasteiger partial charge in [-0.05, 0) is 31.1 Å². The van der Waals surface area contributed by atoms with Crippen molar-refractivity contribution in [2.45, 2.75) is 38.7 Å². The van der Waals surface area contributed by atoms with Gasteiger partial charge in [0.15, 0.2) is 0 Å². The zero-order valence-electron chi connectivity index (χ0n) is 6.88. The average Bonchev–Trinajstić information content (AvgIpc) is 2.29. The first-order valence-electron chi connectivity index (χ1n) is 4.45. The highest BCUT2D eigenvalue weighted by Crippen LogP contribution is 2.37. The molecule has 0 unspecified atom stereocenters. The molecular formula is C9H14O2. The molecule has 2 heteroatoms. The summed E-state index contributed by atoms with van der Waals surface area (Å²) < 4.78 is 5.23. The molecule has 2 rings (SSSR count). The molecule has 1 heterocycles. The molecule has 2 fully saturated rings. The number of ether oxygens (including phenoxy) is 1. The van der Waals surface area contributed by atoms with Gasteiger partial charge in [-0.15, -0.1) is 0 Å². The minimum absolute atomic E-state index is 0.0182. The Bertz CT molecular complexity index is 172. The fourth-order valence-electron chi connectivity index (χ4n) is 2.26. The van der Waals surface area contributed by atoms with E-state index in [1.165, 1.54) is 6.42 Å². The van der Waals surface area contributed by atoms with Gasteiger partial charge in [0.05, 0.1) is 0 Å². The second-order valence-corrected chi connectivity index (χ2v) is 3.87. The molecule has 2 nitrogen and oxygen atoms in total. The van der Waals surface area contributed by atoms with E-state index in [2.05, 4.69) is 6.92 Å². The molecule has 0 aromatic rings. The first-order valence-corrected chi connectivity index (χ1v) is 4.45. The maximum atomic E-state index is 11.1. The summed E-state index contributed by atoms with van der Waals surface area (Å²) >= 11 is 0. The minimum atomic E-state index is 0.0182. The van der Waals surface area contributed by atoms with E-state index in [1.807, 2.05) is 0 Å². The Labute approximate surface area is 66.9 Å². The summed E-state index contributed by atoms with van der Waals surface area (Å²) in [5.41, 5.74) is 0. The van der Waals surface area contributed by atoms with Crippen molar-refractivity contribution in [2.75, 3.05) is 0 Å². The van der Waals surface area contributed by atoms with Gasteiger partial charge < -0.3 is 4.74 Å². The van der Waals surface area contributed by atoms with Crippen LogP contribution in [0, 0.1) is 11.8 Å². The molecule has 3 atom stereocenters. The molecular weight excluding hydrogens is 140 g/mol. The van der Waals surface area contributed by atoms with E-state index in [0.717, 1.165) is 18.8 Å². The molecule has 1 saturated heterocycles. The number of rotatable bonds is 0. The van der Waals surface area contributed by atoms with Gasteiger partial charge in [0, 0.05) is 6.42 Å². The lowest BCUT2D eigenvalue weighted by molar-refractivity contribution is -0.148. The highest BCUT2D eigenvalue weighted by Gasteiger charge is 2.35. The molecule has 0 N–H and O–H groups in total. The monoisotopic (exact) mass is 154 g/mol. The lowest BCUT2D eigenvalue weighted by Gasteiger charge is -2.14. The van der Waals surface area contributed by atoms with Gasteiger partial charge in [0.25, 0.3) is 0 Å². The number of fused-ring (bicyclic) bond motifs is 2.